The maximum absolute atomic E-state index is 13.0. The topological polar surface area (TPSA) is 52.9 Å². The van der Waals surface area contributed by atoms with Crippen LogP contribution in [0.5, 0.6) is 0 Å². The molecule has 100 valence electrons. The van der Waals surface area contributed by atoms with Crippen molar-refractivity contribution < 1.29 is 13.6 Å². The number of amides is 1. The monoisotopic (exact) mass is 272 g/mol. The van der Waals surface area contributed by atoms with Crippen LogP contribution < -0.4 is 5.32 Å². The Hall–Kier alpha value is -2.74. The highest BCUT2D eigenvalue weighted by molar-refractivity contribution is 5.92. The van der Waals surface area contributed by atoms with Crippen LogP contribution in [0.25, 0.3) is 0 Å². The second-order valence-corrected chi connectivity index (χ2v) is 4.16. The Labute approximate surface area is 114 Å². The van der Waals surface area contributed by atoms with Gasteiger partial charge in [-0.1, -0.05) is 6.07 Å². The van der Waals surface area contributed by atoms with Gasteiger partial charge in [0.1, 0.15) is 0 Å². The molecule has 0 saturated carbocycles. The third-order valence-electron chi connectivity index (χ3n) is 2.65. The van der Waals surface area contributed by atoms with Crippen LogP contribution in [0.3, 0.4) is 0 Å². The van der Waals surface area contributed by atoms with Crippen molar-refractivity contribution in [1.29, 1.82) is 5.26 Å². The predicted octanol–water partition coefficient (Wildman–Crippen LogP) is 3.02. The third-order valence-corrected chi connectivity index (χ3v) is 2.65. The highest BCUT2D eigenvalue weighted by atomic mass is 19.2. The highest BCUT2D eigenvalue weighted by Gasteiger charge is 2.07. The summed E-state index contributed by atoms with van der Waals surface area (Å²) in [4.78, 5) is 11.7. The summed E-state index contributed by atoms with van der Waals surface area (Å²) < 4.78 is 25.8. The lowest BCUT2D eigenvalue weighted by atomic mass is 10.1. The first-order valence-electron chi connectivity index (χ1n) is 5.82. The molecule has 0 aliphatic rings. The third kappa shape index (κ3) is 3.39. The van der Waals surface area contributed by atoms with Gasteiger partial charge in [0, 0.05) is 5.69 Å². The van der Waals surface area contributed by atoms with E-state index in [1.807, 2.05) is 6.07 Å². The van der Waals surface area contributed by atoms with Gasteiger partial charge in [0.25, 0.3) is 0 Å². The van der Waals surface area contributed by atoms with E-state index in [0.717, 1.165) is 12.1 Å². The molecule has 0 spiro atoms. The van der Waals surface area contributed by atoms with E-state index in [1.54, 1.807) is 24.3 Å². The molecular formula is C15H10F2N2O. The van der Waals surface area contributed by atoms with Crippen LogP contribution in [0.2, 0.25) is 0 Å². The maximum Gasteiger partial charge on any atom is 0.228 e. The molecule has 0 atom stereocenters. The molecule has 0 saturated heterocycles. The summed E-state index contributed by atoms with van der Waals surface area (Å²) in [5.41, 5.74) is 1.41. The predicted molar refractivity (Wildman–Crippen MR) is 69.8 cm³/mol. The molecule has 0 aliphatic heterocycles. The number of nitrogens with zero attached hydrogens (tertiary/aromatic N) is 1. The van der Waals surface area contributed by atoms with Gasteiger partial charge in [0.2, 0.25) is 5.91 Å². The lowest BCUT2D eigenvalue weighted by molar-refractivity contribution is -0.115. The minimum Gasteiger partial charge on any atom is -0.326 e. The number of carbonyl (C=O) groups excluding carboxylic acids is 1. The SMILES string of the molecule is N#Cc1ccc(NC(=O)Cc2ccc(F)c(F)c2)cc1. The van der Waals surface area contributed by atoms with Crippen LogP contribution >= 0.6 is 0 Å². The average molecular weight is 272 g/mol. The molecule has 2 aromatic rings. The summed E-state index contributed by atoms with van der Waals surface area (Å²) in [6.45, 7) is 0. The number of hydrogen-bond donors (Lipinski definition) is 1. The highest BCUT2D eigenvalue weighted by Crippen LogP contribution is 2.12. The first-order valence-corrected chi connectivity index (χ1v) is 5.82. The van der Waals surface area contributed by atoms with Crippen LogP contribution in [0.4, 0.5) is 14.5 Å². The molecule has 2 aromatic carbocycles. The van der Waals surface area contributed by atoms with Crippen molar-refractivity contribution >= 4 is 11.6 Å². The van der Waals surface area contributed by atoms with Crippen molar-refractivity contribution in [3.63, 3.8) is 0 Å². The largest absolute Gasteiger partial charge is 0.326 e. The van der Waals surface area contributed by atoms with Crippen LogP contribution in [-0.4, -0.2) is 5.91 Å². The summed E-state index contributed by atoms with van der Waals surface area (Å²) in [6.07, 6.45) is -0.0583. The van der Waals surface area contributed by atoms with E-state index in [9.17, 15) is 13.6 Å². The van der Waals surface area contributed by atoms with Gasteiger partial charge in [0.15, 0.2) is 11.6 Å². The van der Waals surface area contributed by atoms with Crippen molar-refractivity contribution in [3.8, 4) is 6.07 Å². The Morgan fingerprint density at radius 2 is 1.80 bits per heavy atom. The lowest BCUT2D eigenvalue weighted by Gasteiger charge is -2.05. The van der Waals surface area contributed by atoms with Crippen molar-refractivity contribution in [2.24, 2.45) is 0 Å². The average Bonchev–Trinajstić information content (AvgIpc) is 2.44. The zero-order valence-corrected chi connectivity index (χ0v) is 10.4. The number of rotatable bonds is 3. The van der Waals surface area contributed by atoms with Crippen LogP contribution in [0.1, 0.15) is 11.1 Å². The molecule has 0 heterocycles. The van der Waals surface area contributed by atoms with E-state index < -0.39 is 11.6 Å². The van der Waals surface area contributed by atoms with Crippen LogP contribution in [-0.2, 0) is 11.2 Å². The van der Waals surface area contributed by atoms with Gasteiger partial charge in [-0.05, 0) is 42.0 Å². The number of nitrogens with one attached hydrogen (secondary N) is 1. The molecule has 20 heavy (non-hydrogen) atoms. The summed E-state index contributed by atoms with van der Waals surface area (Å²) in [7, 11) is 0. The van der Waals surface area contributed by atoms with E-state index >= 15 is 0 Å². The van der Waals surface area contributed by atoms with Crippen molar-refractivity contribution in [2.45, 2.75) is 6.42 Å². The molecule has 0 aromatic heterocycles. The van der Waals surface area contributed by atoms with Crippen molar-refractivity contribution in [3.05, 3.63) is 65.2 Å². The second-order valence-electron chi connectivity index (χ2n) is 4.16. The number of halogens is 2. The molecule has 0 bridgehead atoms. The zero-order valence-electron chi connectivity index (χ0n) is 10.4. The Bertz CT molecular complexity index is 675. The Balaban J connectivity index is 2.01. The fourth-order valence-corrected chi connectivity index (χ4v) is 1.67. The van der Waals surface area contributed by atoms with Crippen LogP contribution in [0, 0.1) is 23.0 Å². The number of anilines is 1. The molecule has 5 heteroatoms. The van der Waals surface area contributed by atoms with Gasteiger partial charge in [-0.3, -0.25) is 4.79 Å². The summed E-state index contributed by atoms with van der Waals surface area (Å²) in [6, 6.07) is 11.7. The Morgan fingerprint density at radius 1 is 1.10 bits per heavy atom. The van der Waals surface area contributed by atoms with Gasteiger partial charge >= 0.3 is 0 Å². The Kier molecular flexibility index (Phi) is 4.06. The molecule has 0 aliphatic carbocycles. The molecule has 0 fully saturated rings. The number of hydrogen-bond acceptors (Lipinski definition) is 2. The Morgan fingerprint density at radius 3 is 2.40 bits per heavy atom. The minimum atomic E-state index is -0.978. The summed E-state index contributed by atoms with van der Waals surface area (Å²) >= 11 is 0. The molecule has 0 radical (unpaired) electrons. The zero-order chi connectivity index (χ0) is 14.5. The molecular weight excluding hydrogens is 262 g/mol. The summed E-state index contributed by atoms with van der Waals surface area (Å²) in [5, 5.41) is 11.3. The van der Waals surface area contributed by atoms with Gasteiger partial charge in [-0.25, -0.2) is 8.78 Å². The first-order chi connectivity index (χ1) is 9.58. The molecule has 0 unspecified atom stereocenters. The lowest BCUT2D eigenvalue weighted by Crippen LogP contribution is -2.14. The normalized spacial score (nSPS) is 9.85. The van der Waals surface area contributed by atoms with E-state index in [2.05, 4.69) is 5.32 Å². The quantitative estimate of drug-likeness (QED) is 0.933. The standard InChI is InChI=1S/C15H10F2N2O/c16-13-6-3-11(7-14(13)17)8-15(20)19-12-4-1-10(9-18)2-5-12/h1-7H,8H2,(H,19,20). The smallest absolute Gasteiger partial charge is 0.228 e. The molecule has 1 amide bonds. The van der Waals surface area contributed by atoms with Crippen LogP contribution in [0.15, 0.2) is 42.5 Å². The molecule has 1 N–H and O–H groups in total. The first kappa shape index (κ1) is 13.7. The summed E-state index contributed by atoms with van der Waals surface area (Å²) in [5.74, 6) is -2.27. The maximum atomic E-state index is 13.0. The second kappa shape index (κ2) is 5.93. The number of nitriles is 1. The fraction of sp³-hybridized carbons (Fsp3) is 0.0667. The van der Waals surface area contributed by atoms with Gasteiger partial charge in [-0.2, -0.15) is 5.26 Å². The van der Waals surface area contributed by atoms with Gasteiger partial charge in [-0.15, -0.1) is 0 Å². The fourth-order valence-electron chi connectivity index (χ4n) is 1.67. The number of benzene rings is 2. The molecule has 3 nitrogen and oxygen atoms in total. The van der Waals surface area contributed by atoms with E-state index in [1.165, 1.54) is 6.07 Å². The number of carbonyl (C=O) groups is 1. The molecule has 2 rings (SSSR count). The minimum absolute atomic E-state index is 0.0583. The van der Waals surface area contributed by atoms with E-state index in [4.69, 9.17) is 5.26 Å². The van der Waals surface area contributed by atoms with E-state index in [0.29, 0.717) is 16.8 Å². The van der Waals surface area contributed by atoms with Gasteiger partial charge in [0.05, 0.1) is 18.1 Å². The van der Waals surface area contributed by atoms with Crippen molar-refractivity contribution in [1.82, 2.24) is 0 Å². The van der Waals surface area contributed by atoms with Gasteiger partial charge < -0.3 is 5.32 Å². The van der Waals surface area contributed by atoms with E-state index in [-0.39, 0.29) is 12.3 Å². The van der Waals surface area contributed by atoms with Crippen molar-refractivity contribution in [2.75, 3.05) is 5.32 Å².